The number of nitriles is 1. The van der Waals surface area contributed by atoms with E-state index in [0.29, 0.717) is 0 Å². The first-order valence-electron chi connectivity index (χ1n) is 12.9. The molecule has 0 saturated heterocycles. The Balaban J connectivity index is 1.58. The third kappa shape index (κ3) is 4.31. The van der Waals surface area contributed by atoms with Gasteiger partial charge in [-0.05, 0) is 82.7 Å². The molecule has 6 rings (SSSR count). The van der Waals surface area contributed by atoms with Crippen LogP contribution in [0.1, 0.15) is 16.7 Å². The summed E-state index contributed by atoms with van der Waals surface area (Å²) in [5.74, 6) is 0. The second kappa shape index (κ2) is 10.5. The molecule has 0 bridgehead atoms. The van der Waals surface area contributed by atoms with Crippen LogP contribution in [-0.2, 0) is 12.3 Å². The Kier molecular flexibility index (Phi) is 6.79. The lowest BCUT2D eigenvalue weighted by molar-refractivity contribution is 1.41. The Morgan fingerprint density at radius 1 is 0.553 bits per heavy atom. The fourth-order valence-corrected chi connectivity index (χ4v) is 10.1. The molecule has 0 N–H and O–H groups in total. The molecule has 0 spiro atoms. The minimum atomic E-state index is -2.00. The maximum Gasteiger partial charge on any atom is 0.116 e. The van der Waals surface area contributed by atoms with E-state index in [0.717, 1.165) is 39.4 Å². The van der Waals surface area contributed by atoms with Gasteiger partial charge in [-0.1, -0.05) is 78.9 Å². The molecule has 0 heterocycles. The SMILES string of the molecule is N#Cc1c2ccc(C[P+](c3ccccc3)(c3ccccc3)c3ccccc3)cc2cc2ccc(CP)cc12. The van der Waals surface area contributed by atoms with Gasteiger partial charge in [-0.2, -0.15) is 5.26 Å². The summed E-state index contributed by atoms with van der Waals surface area (Å²) in [6.45, 7) is 0. The van der Waals surface area contributed by atoms with E-state index in [1.54, 1.807) is 0 Å². The first-order chi connectivity index (χ1) is 18.7. The van der Waals surface area contributed by atoms with Gasteiger partial charge in [0.05, 0.1) is 11.7 Å². The van der Waals surface area contributed by atoms with Crippen molar-refractivity contribution in [2.45, 2.75) is 12.3 Å². The third-order valence-corrected chi connectivity index (χ3v) is 12.3. The largest absolute Gasteiger partial charge is 0.192 e. The molecular formula is C35H28NP2+. The maximum absolute atomic E-state index is 10.1. The van der Waals surface area contributed by atoms with Crippen LogP contribution < -0.4 is 15.9 Å². The standard InChI is InChI=1S/C35H28NP2/c36-23-35-33-19-17-27(20-29(33)22-28-18-16-26(24-37)21-34(28)35)25-38(30-10-4-1-5-11-30,31-12-6-2-7-13-31)32-14-8-3-9-15-32/h1-22H,24-25,37H2/q+1. The molecule has 0 aliphatic carbocycles. The molecular weight excluding hydrogens is 496 g/mol. The molecule has 0 fully saturated rings. The van der Waals surface area contributed by atoms with Crippen LogP contribution in [0.15, 0.2) is 133 Å². The molecule has 182 valence electrons. The molecule has 38 heavy (non-hydrogen) atoms. The summed E-state index contributed by atoms with van der Waals surface area (Å²) < 4.78 is 0. The molecule has 6 aromatic carbocycles. The Bertz CT molecular complexity index is 1680. The molecule has 6 aromatic rings. The number of rotatable bonds is 6. The zero-order chi connectivity index (χ0) is 26.0. The van der Waals surface area contributed by atoms with Gasteiger partial charge in [0.25, 0.3) is 0 Å². The fourth-order valence-electron chi connectivity index (χ4n) is 5.61. The van der Waals surface area contributed by atoms with Crippen LogP contribution in [0.5, 0.6) is 0 Å². The van der Waals surface area contributed by atoms with Crippen molar-refractivity contribution >= 4 is 54.0 Å². The molecule has 0 amide bonds. The molecule has 0 saturated carbocycles. The van der Waals surface area contributed by atoms with E-state index in [4.69, 9.17) is 0 Å². The van der Waals surface area contributed by atoms with Gasteiger partial charge in [0.15, 0.2) is 0 Å². The quantitative estimate of drug-likeness (QED) is 0.162. The van der Waals surface area contributed by atoms with E-state index in [1.807, 2.05) is 0 Å². The van der Waals surface area contributed by atoms with Gasteiger partial charge >= 0.3 is 0 Å². The summed E-state index contributed by atoms with van der Waals surface area (Å²) in [7, 11) is 0.779. The first-order valence-corrected chi connectivity index (χ1v) is 15.7. The second-order valence-corrected chi connectivity index (χ2v) is 13.5. The van der Waals surface area contributed by atoms with Gasteiger partial charge in [0.1, 0.15) is 29.2 Å². The van der Waals surface area contributed by atoms with E-state index in [1.165, 1.54) is 27.0 Å². The predicted octanol–water partition coefficient (Wildman–Crippen LogP) is 7.73. The summed E-state index contributed by atoms with van der Waals surface area (Å²) in [6, 6.07) is 50.9. The monoisotopic (exact) mass is 524 g/mol. The predicted molar refractivity (Wildman–Crippen MR) is 168 cm³/mol. The minimum Gasteiger partial charge on any atom is -0.192 e. The summed E-state index contributed by atoms with van der Waals surface area (Å²) >= 11 is 0. The van der Waals surface area contributed by atoms with Gasteiger partial charge in [-0.15, -0.1) is 9.24 Å². The average Bonchev–Trinajstić information content (AvgIpc) is 2.99. The van der Waals surface area contributed by atoms with Crippen molar-refractivity contribution in [3.05, 3.63) is 150 Å². The Labute approximate surface area is 227 Å². The molecule has 1 atom stereocenters. The molecule has 1 unspecified atom stereocenters. The van der Waals surface area contributed by atoms with Gasteiger partial charge in [0, 0.05) is 10.8 Å². The van der Waals surface area contributed by atoms with Crippen molar-refractivity contribution in [1.29, 1.82) is 5.26 Å². The fraction of sp³-hybridized carbons (Fsp3) is 0.0571. The van der Waals surface area contributed by atoms with Gasteiger partial charge < -0.3 is 0 Å². The van der Waals surface area contributed by atoms with E-state index < -0.39 is 7.26 Å². The molecule has 0 aromatic heterocycles. The molecule has 3 heteroatoms. The number of hydrogen-bond donors (Lipinski definition) is 0. The van der Waals surface area contributed by atoms with E-state index >= 15 is 0 Å². The highest BCUT2D eigenvalue weighted by Gasteiger charge is 2.45. The third-order valence-electron chi connectivity index (χ3n) is 7.44. The summed E-state index contributed by atoms with van der Waals surface area (Å²) in [5.41, 5.74) is 3.27. The Morgan fingerprint density at radius 2 is 1.11 bits per heavy atom. The van der Waals surface area contributed by atoms with Crippen molar-refractivity contribution < 1.29 is 0 Å². The van der Waals surface area contributed by atoms with Crippen LogP contribution in [0.3, 0.4) is 0 Å². The summed E-state index contributed by atoms with van der Waals surface area (Å²) in [4.78, 5) is 0. The van der Waals surface area contributed by atoms with E-state index in [2.05, 4.69) is 149 Å². The van der Waals surface area contributed by atoms with Crippen LogP contribution in [0.4, 0.5) is 0 Å². The van der Waals surface area contributed by atoms with Crippen LogP contribution in [-0.4, -0.2) is 0 Å². The normalized spacial score (nSPS) is 11.5. The smallest absolute Gasteiger partial charge is 0.116 e. The van der Waals surface area contributed by atoms with Gasteiger partial charge in [-0.3, -0.25) is 0 Å². The highest BCUT2D eigenvalue weighted by molar-refractivity contribution is 7.95. The summed E-state index contributed by atoms with van der Waals surface area (Å²) in [5, 5.41) is 18.6. The molecule has 1 nitrogen and oxygen atoms in total. The lowest BCUT2D eigenvalue weighted by Crippen LogP contribution is -2.32. The lowest BCUT2D eigenvalue weighted by atomic mass is 9.95. The Hall–Kier alpha value is -3.81. The van der Waals surface area contributed by atoms with Crippen molar-refractivity contribution in [2.75, 3.05) is 0 Å². The number of hydrogen-bond acceptors (Lipinski definition) is 1. The van der Waals surface area contributed by atoms with E-state index in [-0.39, 0.29) is 0 Å². The second-order valence-electron chi connectivity index (χ2n) is 9.65. The van der Waals surface area contributed by atoms with Crippen molar-refractivity contribution in [1.82, 2.24) is 0 Å². The van der Waals surface area contributed by atoms with Crippen LogP contribution in [0.2, 0.25) is 0 Å². The summed E-state index contributed by atoms with van der Waals surface area (Å²) in [6.07, 6.45) is 1.79. The maximum atomic E-state index is 10.1. The minimum absolute atomic E-state index is 0.764. The number of benzene rings is 6. The van der Waals surface area contributed by atoms with Crippen molar-refractivity contribution in [3.8, 4) is 6.07 Å². The zero-order valence-electron chi connectivity index (χ0n) is 21.1. The van der Waals surface area contributed by atoms with Crippen LogP contribution >= 0.6 is 16.5 Å². The first kappa shape index (κ1) is 24.5. The van der Waals surface area contributed by atoms with E-state index in [9.17, 15) is 5.26 Å². The van der Waals surface area contributed by atoms with Crippen LogP contribution in [0, 0.1) is 11.3 Å². The average molecular weight is 525 g/mol. The molecule has 0 aliphatic heterocycles. The number of nitrogens with zero attached hydrogens (tertiary/aromatic N) is 1. The topological polar surface area (TPSA) is 23.8 Å². The van der Waals surface area contributed by atoms with Gasteiger partial charge in [-0.25, -0.2) is 0 Å². The van der Waals surface area contributed by atoms with Crippen molar-refractivity contribution in [3.63, 3.8) is 0 Å². The zero-order valence-corrected chi connectivity index (χ0v) is 23.1. The van der Waals surface area contributed by atoms with Crippen LogP contribution in [0.25, 0.3) is 21.5 Å². The van der Waals surface area contributed by atoms with Gasteiger partial charge in [0.2, 0.25) is 0 Å². The highest BCUT2D eigenvalue weighted by atomic mass is 31.2. The highest BCUT2D eigenvalue weighted by Crippen LogP contribution is 2.58. The Morgan fingerprint density at radius 3 is 1.63 bits per heavy atom. The lowest BCUT2D eigenvalue weighted by Gasteiger charge is -2.28. The van der Waals surface area contributed by atoms with Crippen molar-refractivity contribution in [2.24, 2.45) is 0 Å². The molecule has 0 radical (unpaired) electrons. The molecule has 0 aliphatic rings. The number of fused-ring (bicyclic) bond motifs is 2.